The minimum absolute atomic E-state index is 0.587. The molecule has 1 unspecified atom stereocenters. The molecule has 2 aromatic rings. The van der Waals surface area contributed by atoms with Crippen molar-refractivity contribution in [2.24, 2.45) is 0 Å². The molecule has 0 fully saturated rings. The Hall–Kier alpha value is -2.11. The molecular weight excluding hydrogens is 256 g/mol. The summed E-state index contributed by atoms with van der Waals surface area (Å²) >= 11 is 0. The number of hydrogen-bond acceptors (Lipinski definition) is 2. The lowest BCUT2D eigenvalue weighted by atomic mass is 9.99. The van der Waals surface area contributed by atoms with Crippen LogP contribution in [0.25, 0.3) is 11.1 Å². The fourth-order valence-electron chi connectivity index (χ4n) is 2.38. The predicted octanol–water partition coefficient (Wildman–Crippen LogP) is 4.46. The SMILES string of the molecule is CCC(C)N(C)Cc1ccc(-c2ccccc2C#N)cc1. The average molecular weight is 278 g/mol. The highest BCUT2D eigenvalue weighted by Gasteiger charge is 2.08. The molecule has 0 aliphatic heterocycles. The summed E-state index contributed by atoms with van der Waals surface area (Å²) in [5, 5.41) is 9.18. The van der Waals surface area contributed by atoms with Crippen LogP contribution < -0.4 is 0 Å². The maximum absolute atomic E-state index is 9.18. The maximum atomic E-state index is 9.18. The third-order valence-corrected chi connectivity index (χ3v) is 4.09. The number of nitrogens with zero attached hydrogens (tertiary/aromatic N) is 2. The van der Waals surface area contributed by atoms with Gasteiger partial charge in [-0.2, -0.15) is 5.26 Å². The van der Waals surface area contributed by atoms with Crippen LogP contribution in [0.1, 0.15) is 31.4 Å². The third kappa shape index (κ3) is 3.71. The standard InChI is InChI=1S/C19H22N2/c1-4-15(2)21(3)14-16-9-11-17(12-10-16)19-8-6-5-7-18(19)13-20/h5-12,15H,4,14H2,1-3H3. The Balaban J connectivity index is 2.18. The van der Waals surface area contributed by atoms with Gasteiger partial charge in [0.15, 0.2) is 0 Å². The highest BCUT2D eigenvalue weighted by molar-refractivity contribution is 5.70. The van der Waals surface area contributed by atoms with E-state index in [2.05, 4.69) is 56.1 Å². The molecule has 0 aliphatic rings. The summed E-state index contributed by atoms with van der Waals surface area (Å²) in [6.45, 7) is 5.41. The second kappa shape index (κ2) is 7.06. The predicted molar refractivity (Wildman–Crippen MR) is 87.8 cm³/mol. The molecule has 0 radical (unpaired) electrons. The molecule has 0 spiro atoms. The van der Waals surface area contributed by atoms with Crippen molar-refractivity contribution in [2.75, 3.05) is 7.05 Å². The van der Waals surface area contributed by atoms with Gasteiger partial charge in [-0.1, -0.05) is 49.4 Å². The zero-order chi connectivity index (χ0) is 15.2. The van der Waals surface area contributed by atoms with Crippen molar-refractivity contribution in [3.63, 3.8) is 0 Å². The van der Waals surface area contributed by atoms with E-state index in [1.165, 1.54) is 5.56 Å². The molecular formula is C19H22N2. The number of nitriles is 1. The van der Waals surface area contributed by atoms with E-state index in [1.54, 1.807) is 0 Å². The molecule has 108 valence electrons. The van der Waals surface area contributed by atoms with Crippen LogP contribution in [0.2, 0.25) is 0 Å². The van der Waals surface area contributed by atoms with Gasteiger partial charge in [0.2, 0.25) is 0 Å². The van der Waals surface area contributed by atoms with Crippen molar-refractivity contribution in [1.82, 2.24) is 4.90 Å². The van der Waals surface area contributed by atoms with Gasteiger partial charge < -0.3 is 0 Å². The zero-order valence-electron chi connectivity index (χ0n) is 13.0. The molecule has 0 saturated carbocycles. The molecule has 2 nitrogen and oxygen atoms in total. The van der Waals surface area contributed by atoms with Gasteiger partial charge in [0.1, 0.15) is 0 Å². The Morgan fingerprint density at radius 3 is 2.38 bits per heavy atom. The van der Waals surface area contributed by atoms with Crippen molar-refractivity contribution >= 4 is 0 Å². The van der Waals surface area contributed by atoms with Crippen molar-refractivity contribution < 1.29 is 0 Å². The lowest BCUT2D eigenvalue weighted by Gasteiger charge is -2.23. The van der Waals surface area contributed by atoms with Gasteiger partial charge in [-0.3, -0.25) is 4.90 Å². The monoisotopic (exact) mass is 278 g/mol. The Kier molecular flexibility index (Phi) is 5.14. The summed E-state index contributed by atoms with van der Waals surface area (Å²) in [5.41, 5.74) is 4.13. The second-order valence-corrected chi connectivity index (χ2v) is 5.53. The first-order valence-corrected chi connectivity index (χ1v) is 7.44. The topological polar surface area (TPSA) is 27.0 Å². The summed E-state index contributed by atoms with van der Waals surface area (Å²) in [6.07, 6.45) is 1.16. The Bertz CT molecular complexity index is 623. The molecule has 0 saturated heterocycles. The van der Waals surface area contributed by atoms with Crippen LogP contribution in [0.15, 0.2) is 48.5 Å². The molecule has 0 bridgehead atoms. The molecule has 0 aliphatic carbocycles. The van der Waals surface area contributed by atoms with E-state index in [0.29, 0.717) is 6.04 Å². The van der Waals surface area contributed by atoms with Gasteiger partial charge in [-0.25, -0.2) is 0 Å². The van der Waals surface area contributed by atoms with Crippen LogP contribution in [0, 0.1) is 11.3 Å². The van der Waals surface area contributed by atoms with Gasteiger partial charge in [0.25, 0.3) is 0 Å². The molecule has 2 aromatic carbocycles. The van der Waals surface area contributed by atoms with Crippen LogP contribution in [0.4, 0.5) is 0 Å². The minimum Gasteiger partial charge on any atom is -0.299 e. The molecule has 0 heterocycles. The minimum atomic E-state index is 0.587. The van der Waals surface area contributed by atoms with Crippen molar-refractivity contribution in [2.45, 2.75) is 32.9 Å². The van der Waals surface area contributed by atoms with Crippen molar-refractivity contribution in [1.29, 1.82) is 5.26 Å². The lowest BCUT2D eigenvalue weighted by Crippen LogP contribution is -2.27. The lowest BCUT2D eigenvalue weighted by molar-refractivity contribution is 0.244. The van der Waals surface area contributed by atoms with E-state index in [4.69, 9.17) is 0 Å². The van der Waals surface area contributed by atoms with E-state index in [0.717, 1.165) is 29.7 Å². The molecule has 1 atom stereocenters. The number of benzene rings is 2. The summed E-state index contributed by atoms with van der Waals surface area (Å²) in [5.74, 6) is 0. The van der Waals surface area contributed by atoms with Crippen LogP contribution >= 0.6 is 0 Å². The van der Waals surface area contributed by atoms with E-state index in [1.807, 2.05) is 24.3 Å². The van der Waals surface area contributed by atoms with Crippen molar-refractivity contribution in [3.05, 3.63) is 59.7 Å². The molecule has 2 rings (SSSR count). The normalized spacial score (nSPS) is 12.1. The zero-order valence-corrected chi connectivity index (χ0v) is 13.0. The largest absolute Gasteiger partial charge is 0.299 e. The first-order chi connectivity index (χ1) is 10.2. The van der Waals surface area contributed by atoms with Crippen molar-refractivity contribution in [3.8, 4) is 17.2 Å². The fourth-order valence-corrected chi connectivity index (χ4v) is 2.38. The molecule has 2 heteroatoms. The quantitative estimate of drug-likeness (QED) is 0.807. The first kappa shape index (κ1) is 15.3. The van der Waals surface area contributed by atoms with E-state index in [-0.39, 0.29) is 0 Å². The molecule has 21 heavy (non-hydrogen) atoms. The van der Waals surface area contributed by atoms with Crippen LogP contribution in [-0.4, -0.2) is 18.0 Å². The van der Waals surface area contributed by atoms with Gasteiger partial charge in [0.05, 0.1) is 11.6 Å². The van der Waals surface area contributed by atoms with Crippen LogP contribution in [0.3, 0.4) is 0 Å². The smallest absolute Gasteiger partial charge is 0.0998 e. The fraction of sp³-hybridized carbons (Fsp3) is 0.316. The number of hydrogen-bond donors (Lipinski definition) is 0. The summed E-state index contributed by atoms with van der Waals surface area (Å²) in [6, 6.07) is 19.1. The van der Waals surface area contributed by atoms with Gasteiger partial charge >= 0.3 is 0 Å². The van der Waals surface area contributed by atoms with Gasteiger partial charge in [0, 0.05) is 12.6 Å². The Morgan fingerprint density at radius 2 is 1.76 bits per heavy atom. The van der Waals surface area contributed by atoms with E-state index < -0.39 is 0 Å². The van der Waals surface area contributed by atoms with Gasteiger partial charge in [-0.05, 0) is 43.1 Å². The summed E-state index contributed by atoms with van der Waals surface area (Å²) in [7, 11) is 2.16. The Morgan fingerprint density at radius 1 is 1.10 bits per heavy atom. The average Bonchev–Trinajstić information content (AvgIpc) is 2.54. The Labute approximate surface area is 127 Å². The molecule has 0 amide bonds. The molecule has 0 N–H and O–H groups in total. The second-order valence-electron chi connectivity index (χ2n) is 5.53. The van der Waals surface area contributed by atoms with Crippen LogP contribution in [0.5, 0.6) is 0 Å². The summed E-state index contributed by atoms with van der Waals surface area (Å²) < 4.78 is 0. The third-order valence-electron chi connectivity index (χ3n) is 4.09. The number of rotatable bonds is 5. The van der Waals surface area contributed by atoms with E-state index in [9.17, 15) is 5.26 Å². The maximum Gasteiger partial charge on any atom is 0.0998 e. The highest BCUT2D eigenvalue weighted by atomic mass is 15.1. The molecule has 0 aromatic heterocycles. The van der Waals surface area contributed by atoms with E-state index >= 15 is 0 Å². The highest BCUT2D eigenvalue weighted by Crippen LogP contribution is 2.23. The summed E-state index contributed by atoms with van der Waals surface area (Å²) in [4.78, 5) is 2.36. The van der Waals surface area contributed by atoms with Crippen LogP contribution in [-0.2, 0) is 6.54 Å². The van der Waals surface area contributed by atoms with Gasteiger partial charge in [-0.15, -0.1) is 0 Å². The first-order valence-electron chi connectivity index (χ1n) is 7.44.